The van der Waals surface area contributed by atoms with Crippen LogP contribution in [0.25, 0.3) is 0 Å². The van der Waals surface area contributed by atoms with E-state index >= 15 is 0 Å². The quantitative estimate of drug-likeness (QED) is 0.0138. The van der Waals surface area contributed by atoms with Gasteiger partial charge < -0.3 is 63.4 Å². The Morgan fingerprint density at radius 2 is 0.726 bits per heavy atom. The van der Waals surface area contributed by atoms with E-state index in [4.69, 9.17) is 48.5 Å². The molecule has 0 bridgehead atoms. The normalized spacial score (nSPS) is 13.3. The van der Waals surface area contributed by atoms with Gasteiger partial charge in [0.25, 0.3) is 15.6 Å². The number of hydrogen-bond acceptors (Lipinski definition) is 22. The first-order valence-electron chi connectivity index (χ1n) is 35.0. The SMILES string of the molecule is CCCCCCCCCCCC(=O)OCC(COP(=O)([O-])OCC(O)COP(=O)([O-])OCC(COC(=O)CCCCCCCCCCC)OC(=O)CCCCCCCCCCC)OC(=O)CCCCCCCCCCC.Cl.Nc1ccc(N=Nc2ccccc2)c(N)n1.[Na+].[Na+]. The zero-order chi connectivity index (χ0) is 67.6. The number of pyridine rings is 1. The number of anilines is 2. The van der Waals surface area contributed by atoms with E-state index < -0.39 is 97.5 Å². The smallest absolute Gasteiger partial charge is 0.756 e. The Morgan fingerprint density at radius 3 is 1.04 bits per heavy atom. The number of carbonyl (C=O) groups is 4. The Labute approximate surface area is 621 Å². The number of aromatic nitrogens is 1. The van der Waals surface area contributed by atoms with Gasteiger partial charge in [-0.2, -0.15) is 5.11 Å². The van der Waals surface area contributed by atoms with Gasteiger partial charge in [-0.25, -0.2) is 4.98 Å². The second kappa shape index (κ2) is 66.5. The van der Waals surface area contributed by atoms with Gasteiger partial charge >= 0.3 is 83.0 Å². The zero-order valence-electron chi connectivity index (χ0n) is 59.1. The Morgan fingerprint density at radius 1 is 0.432 bits per heavy atom. The fourth-order valence-corrected chi connectivity index (χ4v) is 11.1. The molecule has 0 aliphatic carbocycles. The Kier molecular flexibility index (Phi) is 67.9. The van der Waals surface area contributed by atoms with Gasteiger partial charge in [0.1, 0.15) is 30.8 Å². The summed E-state index contributed by atoms with van der Waals surface area (Å²) in [6.07, 6.45) is 34.2. The van der Waals surface area contributed by atoms with Crippen molar-refractivity contribution in [3.63, 3.8) is 0 Å². The molecule has 4 unspecified atom stereocenters. The predicted molar refractivity (Wildman–Crippen MR) is 365 cm³/mol. The first-order valence-corrected chi connectivity index (χ1v) is 37.9. The summed E-state index contributed by atoms with van der Waals surface area (Å²) in [4.78, 5) is 80.1. The number of hydrogen-bond donors (Lipinski definition) is 3. The summed E-state index contributed by atoms with van der Waals surface area (Å²) in [5, 5.41) is 18.4. The summed E-state index contributed by atoms with van der Waals surface area (Å²) in [7, 11) is -10.4. The molecule has 0 saturated carbocycles. The maximum absolute atomic E-state index is 12.8. The number of unbranched alkanes of at least 4 members (excludes halogenated alkanes) is 32. The molecule has 0 amide bonds. The number of phosphoric acid groups is 2. The monoisotopic (exact) mass is 1420 g/mol. The minimum Gasteiger partial charge on any atom is -0.756 e. The van der Waals surface area contributed by atoms with Crippen molar-refractivity contribution in [2.45, 2.75) is 303 Å². The van der Waals surface area contributed by atoms with Gasteiger partial charge in [0, 0.05) is 25.7 Å². The minimum atomic E-state index is -5.20. The molecule has 0 spiro atoms. The molecule has 5 N–H and O–H groups in total. The van der Waals surface area contributed by atoms with Crippen molar-refractivity contribution in [1.82, 2.24) is 4.98 Å². The third-order valence-electron chi connectivity index (χ3n) is 15.0. The molecule has 1 aromatic heterocycles. The molecular weight excluding hydrogens is 1300 g/mol. The molecule has 2 rings (SSSR count). The number of ether oxygens (including phenoxy) is 4. The molecule has 22 nitrogen and oxygen atoms in total. The zero-order valence-corrected chi connectivity index (χ0v) is 65.7. The molecule has 0 aliphatic heterocycles. The van der Waals surface area contributed by atoms with Gasteiger partial charge in [-0.15, -0.1) is 17.5 Å². The van der Waals surface area contributed by atoms with Crippen molar-refractivity contribution >= 4 is 74.9 Å². The Balaban J connectivity index is -0.00000383. The van der Waals surface area contributed by atoms with E-state index in [0.717, 1.165) is 108 Å². The molecule has 1 aromatic carbocycles. The second-order valence-electron chi connectivity index (χ2n) is 23.8. The van der Waals surface area contributed by atoms with E-state index in [1.165, 1.54) is 103 Å². The van der Waals surface area contributed by atoms with Gasteiger partial charge in [0.05, 0.1) is 32.1 Å². The van der Waals surface area contributed by atoms with Gasteiger partial charge in [0.2, 0.25) is 0 Å². The molecule has 0 fully saturated rings. The van der Waals surface area contributed by atoms with E-state index in [2.05, 4.69) is 42.9 Å². The van der Waals surface area contributed by atoms with Crippen LogP contribution in [-0.2, 0) is 65.4 Å². The summed E-state index contributed by atoms with van der Waals surface area (Å²) >= 11 is 0. The summed E-state index contributed by atoms with van der Waals surface area (Å²) in [6.45, 7) is 4.36. The van der Waals surface area contributed by atoms with Crippen LogP contribution in [0.1, 0.15) is 285 Å². The second-order valence-corrected chi connectivity index (χ2v) is 26.6. The van der Waals surface area contributed by atoms with Gasteiger partial charge in [-0.3, -0.25) is 28.3 Å². The number of nitrogens with two attached hydrogens (primary N) is 2. The van der Waals surface area contributed by atoms with Gasteiger partial charge in [-0.05, 0) is 49.9 Å². The van der Waals surface area contributed by atoms with Crippen LogP contribution in [0.5, 0.6) is 0 Å². The largest absolute Gasteiger partial charge is 1.00 e. The average Bonchev–Trinajstić information content (AvgIpc) is 1.31. The van der Waals surface area contributed by atoms with Crippen LogP contribution in [-0.4, -0.2) is 91.9 Å². The molecule has 4 atom stereocenters. The molecule has 0 radical (unpaired) electrons. The third-order valence-corrected chi connectivity index (χ3v) is 16.9. The number of nitrogen functional groups attached to an aromatic ring is 2. The molecular formula is C68H120ClN5Na2O17P2. The topological polar surface area (TPSA) is 332 Å². The molecule has 0 aliphatic rings. The number of azo groups is 1. The molecule has 1 heterocycles. The summed E-state index contributed by atoms with van der Waals surface area (Å²) in [6, 6.07) is 12.7. The fourth-order valence-electron chi connectivity index (χ4n) is 9.56. The van der Waals surface area contributed by atoms with E-state index in [0.29, 0.717) is 37.2 Å². The van der Waals surface area contributed by atoms with Gasteiger partial charge in [0.15, 0.2) is 18.0 Å². The number of aliphatic hydroxyl groups excluding tert-OH is 1. The summed E-state index contributed by atoms with van der Waals surface area (Å²) in [5.41, 5.74) is 12.4. The molecule has 0 saturated heterocycles. The van der Waals surface area contributed by atoms with E-state index in [-0.39, 0.29) is 103 Å². The number of aliphatic hydroxyl groups is 1. The van der Waals surface area contributed by atoms with Crippen molar-refractivity contribution in [2.75, 3.05) is 51.1 Å². The van der Waals surface area contributed by atoms with Crippen LogP contribution in [0.3, 0.4) is 0 Å². The third kappa shape index (κ3) is 61.5. The van der Waals surface area contributed by atoms with Crippen molar-refractivity contribution in [2.24, 2.45) is 10.2 Å². The van der Waals surface area contributed by atoms with Crippen LogP contribution in [0.2, 0.25) is 0 Å². The Hall–Kier alpha value is -2.08. The number of rotatable bonds is 60. The number of halogens is 1. The maximum Gasteiger partial charge on any atom is 1.00 e. The minimum absolute atomic E-state index is 0. The number of esters is 4. The van der Waals surface area contributed by atoms with Crippen molar-refractivity contribution in [3.8, 4) is 0 Å². The van der Waals surface area contributed by atoms with Crippen molar-refractivity contribution < 1.29 is 139 Å². The van der Waals surface area contributed by atoms with Crippen LogP contribution in [0.4, 0.5) is 23.0 Å². The number of carbonyl (C=O) groups excluding carboxylic acids is 4. The number of phosphoric ester groups is 2. The van der Waals surface area contributed by atoms with E-state index in [1.54, 1.807) is 12.1 Å². The fraction of sp³-hybridized carbons (Fsp3) is 0.779. The van der Waals surface area contributed by atoms with Crippen molar-refractivity contribution in [3.05, 3.63) is 42.5 Å². The number of benzene rings is 1. The van der Waals surface area contributed by atoms with Crippen LogP contribution < -0.4 is 80.4 Å². The van der Waals surface area contributed by atoms with Crippen LogP contribution in [0, 0.1) is 0 Å². The first kappa shape index (κ1) is 97.1. The average molecular weight is 1420 g/mol. The maximum atomic E-state index is 12.8. The summed E-state index contributed by atoms with van der Waals surface area (Å²) in [5.74, 6) is -1.59. The molecule has 27 heteroatoms. The number of nitrogens with zero attached hydrogens (tertiary/aromatic N) is 3. The van der Waals surface area contributed by atoms with E-state index in [9.17, 15) is 43.2 Å². The first-order chi connectivity index (χ1) is 44.4. The van der Waals surface area contributed by atoms with Crippen molar-refractivity contribution in [1.29, 1.82) is 0 Å². The Bertz CT molecular complexity index is 2200. The van der Waals surface area contributed by atoms with Crippen LogP contribution in [0.15, 0.2) is 52.7 Å². The van der Waals surface area contributed by atoms with E-state index in [1.807, 2.05) is 30.3 Å². The molecule has 2 aromatic rings. The predicted octanol–water partition coefficient (Wildman–Crippen LogP) is 11.0. The van der Waals surface area contributed by atoms with Crippen LogP contribution >= 0.6 is 28.1 Å². The molecule has 538 valence electrons. The summed E-state index contributed by atoms with van der Waals surface area (Å²) < 4.78 is 66.7. The van der Waals surface area contributed by atoms with Gasteiger partial charge in [-0.1, -0.05) is 251 Å². The standard InChI is InChI=1S/C57H110O17P2.C11H11N5.ClH.2Na/c1-5-9-13-17-21-25-29-33-37-41-54(59)67-47-52(73-56(61)43-39-35-31-27-23-19-15-11-7-3)49-71-75(63,64)69-45-51(58)46-70-76(65,66)72-50-53(74-57(62)44-40-36-32-28-24-20-16-12-8-4)48-68-55(60)42-38-34-30-26-22-18-14-10-6-2;12-10-7-6-9(11(13)14-10)16-15-8-4-2-1-3-5-8;;;/h51-53,58H,5-50H2,1-4H3,(H,63,64)(H,65,66);1-7H,(H4,12,13,14);1H;;/q;;;2*+1/p-2. The molecule has 95 heavy (non-hydrogen) atoms.